The molecule has 0 amide bonds. The number of nitrogens with zero attached hydrogens (tertiary/aromatic N) is 5. The zero-order valence-electron chi connectivity index (χ0n) is 10.9. The predicted molar refractivity (Wildman–Crippen MR) is 70.1 cm³/mol. The minimum atomic E-state index is -0.215. The molecule has 0 aliphatic rings. The van der Waals surface area contributed by atoms with E-state index in [1.54, 1.807) is 7.05 Å². The van der Waals surface area contributed by atoms with E-state index in [1.165, 1.54) is 15.6 Å². The number of hydrogen-bond acceptors (Lipinski definition) is 5. The van der Waals surface area contributed by atoms with Gasteiger partial charge in [-0.1, -0.05) is 35.5 Å². The quantitative estimate of drug-likeness (QED) is 0.694. The summed E-state index contributed by atoms with van der Waals surface area (Å²) in [4.78, 5) is 15.9. The minimum Gasteiger partial charge on any atom is -0.337 e. The zero-order chi connectivity index (χ0) is 13.9. The molecular formula is C13H13N5O2. The summed E-state index contributed by atoms with van der Waals surface area (Å²) in [5.74, 6) is 0.965. The number of benzene rings is 1. The summed E-state index contributed by atoms with van der Waals surface area (Å²) >= 11 is 0. The highest BCUT2D eigenvalue weighted by atomic mass is 16.5. The molecule has 0 spiro atoms. The van der Waals surface area contributed by atoms with Gasteiger partial charge in [0.2, 0.25) is 5.89 Å². The SMILES string of the molecule is Cn1cnn(Cc2nc(Cc3ccccc3)no2)c1=O. The van der Waals surface area contributed by atoms with Crippen LogP contribution in [0.2, 0.25) is 0 Å². The molecule has 1 aromatic carbocycles. The van der Waals surface area contributed by atoms with Crippen molar-refractivity contribution in [2.45, 2.75) is 13.0 Å². The predicted octanol–water partition coefficient (Wildman–Crippen LogP) is 0.604. The normalized spacial score (nSPS) is 10.8. The van der Waals surface area contributed by atoms with E-state index in [2.05, 4.69) is 15.2 Å². The van der Waals surface area contributed by atoms with Crippen molar-refractivity contribution in [3.63, 3.8) is 0 Å². The summed E-state index contributed by atoms with van der Waals surface area (Å²) in [6, 6.07) is 9.88. The molecule has 7 heteroatoms. The van der Waals surface area contributed by atoms with Crippen LogP contribution in [0, 0.1) is 0 Å². The van der Waals surface area contributed by atoms with Crippen LogP contribution in [-0.2, 0) is 20.0 Å². The summed E-state index contributed by atoms with van der Waals surface area (Å²) in [5.41, 5.74) is 0.891. The Morgan fingerprint density at radius 1 is 1.25 bits per heavy atom. The van der Waals surface area contributed by atoms with Gasteiger partial charge in [0, 0.05) is 13.5 Å². The van der Waals surface area contributed by atoms with E-state index in [0.717, 1.165) is 5.56 Å². The second-order valence-electron chi connectivity index (χ2n) is 4.45. The van der Waals surface area contributed by atoms with Crippen molar-refractivity contribution in [2.24, 2.45) is 7.05 Å². The molecule has 0 radical (unpaired) electrons. The number of aryl methyl sites for hydroxylation is 1. The van der Waals surface area contributed by atoms with Crippen molar-refractivity contribution < 1.29 is 4.52 Å². The fourth-order valence-electron chi connectivity index (χ4n) is 1.86. The molecule has 20 heavy (non-hydrogen) atoms. The largest absolute Gasteiger partial charge is 0.345 e. The topological polar surface area (TPSA) is 78.7 Å². The van der Waals surface area contributed by atoms with Gasteiger partial charge in [-0.3, -0.25) is 4.57 Å². The summed E-state index contributed by atoms with van der Waals surface area (Å²) in [5, 5.41) is 7.85. The van der Waals surface area contributed by atoms with Crippen LogP contribution in [-0.4, -0.2) is 24.5 Å². The van der Waals surface area contributed by atoms with Gasteiger partial charge in [-0.05, 0) is 5.56 Å². The first-order valence-corrected chi connectivity index (χ1v) is 6.16. The summed E-state index contributed by atoms with van der Waals surface area (Å²) in [6.45, 7) is 0.182. The van der Waals surface area contributed by atoms with Gasteiger partial charge in [-0.15, -0.1) is 0 Å². The number of aromatic nitrogens is 5. The van der Waals surface area contributed by atoms with E-state index < -0.39 is 0 Å². The average molecular weight is 271 g/mol. The van der Waals surface area contributed by atoms with Crippen LogP contribution in [0.4, 0.5) is 0 Å². The number of rotatable bonds is 4. The molecule has 0 saturated heterocycles. The summed E-state index contributed by atoms with van der Waals surface area (Å²) in [6.07, 6.45) is 2.05. The van der Waals surface area contributed by atoms with Gasteiger partial charge in [0.25, 0.3) is 0 Å². The third kappa shape index (κ3) is 2.51. The van der Waals surface area contributed by atoms with Crippen LogP contribution in [0.5, 0.6) is 0 Å². The Morgan fingerprint density at radius 2 is 2.05 bits per heavy atom. The first-order chi connectivity index (χ1) is 9.72. The molecule has 0 unspecified atom stereocenters. The molecule has 0 saturated carbocycles. The molecule has 7 nitrogen and oxygen atoms in total. The Morgan fingerprint density at radius 3 is 2.75 bits per heavy atom. The lowest BCUT2D eigenvalue weighted by molar-refractivity contribution is 0.359. The van der Waals surface area contributed by atoms with E-state index in [-0.39, 0.29) is 12.2 Å². The maximum atomic E-state index is 11.6. The van der Waals surface area contributed by atoms with Crippen LogP contribution in [0.3, 0.4) is 0 Å². The average Bonchev–Trinajstić information content (AvgIpc) is 3.02. The van der Waals surface area contributed by atoms with Crippen molar-refractivity contribution in [1.29, 1.82) is 0 Å². The van der Waals surface area contributed by atoms with Gasteiger partial charge in [-0.2, -0.15) is 10.1 Å². The summed E-state index contributed by atoms with van der Waals surface area (Å²) in [7, 11) is 1.64. The van der Waals surface area contributed by atoms with Gasteiger partial charge >= 0.3 is 5.69 Å². The van der Waals surface area contributed by atoms with E-state index in [0.29, 0.717) is 18.1 Å². The second kappa shape index (κ2) is 5.12. The third-order valence-electron chi connectivity index (χ3n) is 2.89. The van der Waals surface area contributed by atoms with Gasteiger partial charge in [0.1, 0.15) is 12.9 Å². The highest BCUT2D eigenvalue weighted by Crippen LogP contribution is 2.06. The molecule has 3 rings (SSSR count). The van der Waals surface area contributed by atoms with Crippen LogP contribution in [0.1, 0.15) is 17.3 Å². The van der Waals surface area contributed by atoms with Crippen molar-refractivity contribution in [3.8, 4) is 0 Å². The van der Waals surface area contributed by atoms with Crippen molar-refractivity contribution >= 4 is 0 Å². The van der Waals surface area contributed by atoms with Crippen LogP contribution in [0.25, 0.3) is 0 Å². The van der Waals surface area contributed by atoms with Gasteiger partial charge in [0.15, 0.2) is 5.82 Å². The second-order valence-corrected chi connectivity index (χ2v) is 4.45. The fraction of sp³-hybridized carbons (Fsp3) is 0.231. The van der Waals surface area contributed by atoms with Crippen molar-refractivity contribution in [1.82, 2.24) is 24.5 Å². The Labute approximate surface area is 114 Å². The van der Waals surface area contributed by atoms with Gasteiger partial charge < -0.3 is 4.52 Å². The molecule has 3 aromatic rings. The fourth-order valence-corrected chi connectivity index (χ4v) is 1.86. The van der Waals surface area contributed by atoms with Gasteiger partial charge in [0.05, 0.1) is 0 Å². The van der Waals surface area contributed by atoms with Crippen molar-refractivity contribution in [2.75, 3.05) is 0 Å². The monoisotopic (exact) mass is 271 g/mol. The molecule has 102 valence electrons. The molecule has 0 fully saturated rings. The third-order valence-corrected chi connectivity index (χ3v) is 2.89. The van der Waals surface area contributed by atoms with Crippen LogP contribution in [0.15, 0.2) is 46.0 Å². The Bertz CT molecular complexity index is 756. The first kappa shape index (κ1) is 12.3. The summed E-state index contributed by atoms with van der Waals surface area (Å²) < 4.78 is 7.80. The van der Waals surface area contributed by atoms with E-state index >= 15 is 0 Å². The zero-order valence-corrected chi connectivity index (χ0v) is 10.9. The first-order valence-electron chi connectivity index (χ1n) is 6.16. The molecular weight excluding hydrogens is 258 g/mol. The van der Waals surface area contributed by atoms with E-state index in [1.807, 2.05) is 30.3 Å². The Kier molecular flexibility index (Phi) is 3.16. The van der Waals surface area contributed by atoms with Crippen molar-refractivity contribution in [3.05, 3.63) is 64.4 Å². The van der Waals surface area contributed by atoms with E-state index in [4.69, 9.17) is 4.52 Å². The molecule has 0 aliphatic carbocycles. The number of hydrogen-bond donors (Lipinski definition) is 0. The molecule has 0 atom stereocenters. The molecule has 2 aromatic heterocycles. The maximum Gasteiger partial charge on any atom is 0.345 e. The lowest BCUT2D eigenvalue weighted by atomic mass is 10.1. The van der Waals surface area contributed by atoms with Crippen LogP contribution >= 0.6 is 0 Å². The molecule has 2 heterocycles. The lowest BCUT2D eigenvalue weighted by Gasteiger charge is -1.94. The van der Waals surface area contributed by atoms with Gasteiger partial charge in [-0.25, -0.2) is 9.48 Å². The molecule has 0 bridgehead atoms. The standard InChI is InChI=1S/C13H13N5O2/c1-17-9-14-18(13(17)19)8-12-15-11(16-20-12)7-10-5-3-2-4-6-10/h2-6,9H,7-8H2,1H3. The Balaban J connectivity index is 1.74. The van der Waals surface area contributed by atoms with E-state index in [9.17, 15) is 4.79 Å². The molecule has 0 aliphatic heterocycles. The molecule has 0 N–H and O–H groups in total. The highest BCUT2D eigenvalue weighted by molar-refractivity contribution is 5.18. The smallest absolute Gasteiger partial charge is 0.337 e. The maximum absolute atomic E-state index is 11.6. The Hall–Kier alpha value is -2.70. The minimum absolute atomic E-state index is 0.182. The lowest BCUT2D eigenvalue weighted by Crippen LogP contribution is -2.23. The van der Waals surface area contributed by atoms with Crippen LogP contribution < -0.4 is 5.69 Å². The highest BCUT2D eigenvalue weighted by Gasteiger charge is 2.10.